The van der Waals surface area contributed by atoms with Gasteiger partial charge in [0.15, 0.2) is 11.6 Å². The Labute approximate surface area is 174 Å². The maximum absolute atomic E-state index is 12.9. The van der Waals surface area contributed by atoms with Gasteiger partial charge in [-0.05, 0) is 26.0 Å². The van der Waals surface area contributed by atoms with Crippen LogP contribution in [0.2, 0.25) is 0 Å². The van der Waals surface area contributed by atoms with E-state index in [-0.39, 0.29) is 42.9 Å². The third kappa shape index (κ3) is 3.81. The molecule has 1 aliphatic rings. The van der Waals surface area contributed by atoms with Gasteiger partial charge in [-0.25, -0.2) is 17.9 Å². The Morgan fingerprint density at radius 2 is 1.77 bits per heavy atom. The Morgan fingerprint density at radius 1 is 1.07 bits per heavy atom. The summed E-state index contributed by atoms with van der Waals surface area (Å²) in [6.45, 7) is 4.10. The lowest BCUT2D eigenvalue weighted by Gasteiger charge is -2.33. The Kier molecular flexibility index (Phi) is 5.31. The number of anilines is 1. The van der Waals surface area contributed by atoms with E-state index in [2.05, 4.69) is 15.6 Å². The number of para-hydroxylation sites is 1. The number of rotatable bonds is 4. The third-order valence-electron chi connectivity index (χ3n) is 4.94. The van der Waals surface area contributed by atoms with Crippen molar-refractivity contribution < 1.29 is 17.7 Å². The highest BCUT2D eigenvalue weighted by Gasteiger charge is 2.34. The molecule has 2 aromatic heterocycles. The third-order valence-corrected chi connectivity index (χ3v) is 7.08. The molecule has 1 fully saturated rings. The van der Waals surface area contributed by atoms with Crippen molar-refractivity contribution in [3.05, 3.63) is 54.0 Å². The highest BCUT2D eigenvalue weighted by Crippen LogP contribution is 2.24. The van der Waals surface area contributed by atoms with Crippen LogP contribution in [0.4, 0.5) is 10.6 Å². The van der Waals surface area contributed by atoms with Crippen molar-refractivity contribution in [2.24, 2.45) is 0 Å². The van der Waals surface area contributed by atoms with Gasteiger partial charge in [0.1, 0.15) is 10.6 Å². The van der Waals surface area contributed by atoms with Gasteiger partial charge in [-0.3, -0.25) is 5.32 Å². The predicted octanol–water partition coefficient (Wildman–Crippen LogP) is 2.02. The van der Waals surface area contributed by atoms with Crippen molar-refractivity contribution >= 4 is 21.9 Å². The minimum Gasteiger partial charge on any atom is -0.360 e. The number of carbonyl (C=O) groups is 1. The van der Waals surface area contributed by atoms with E-state index >= 15 is 0 Å². The lowest BCUT2D eigenvalue weighted by molar-refractivity contribution is 0.184. The number of nitrogens with one attached hydrogen (secondary N) is 1. The van der Waals surface area contributed by atoms with Crippen LogP contribution < -0.4 is 5.32 Å². The number of piperazine rings is 1. The lowest BCUT2D eigenvalue weighted by atomic mass is 10.3. The summed E-state index contributed by atoms with van der Waals surface area (Å²) >= 11 is 0. The Bertz CT molecular complexity index is 1130. The first-order chi connectivity index (χ1) is 14.4. The van der Waals surface area contributed by atoms with Gasteiger partial charge >= 0.3 is 6.03 Å². The topological polar surface area (TPSA) is 114 Å². The first-order valence-electron chi connectivity index (χ1n) is 9.46. The van der Waals surface area contributed by atoms with Crippen LogP contribution in [0.5, 0.6) is 0 Å². The number of nitrogens with zero attached hydrogens (tertiary/aromatic N) is 5. The summed E-state index contributed by atoms with van der Waals surface area (Å²) in [6, 6.07) is 11.0. The summed E-state index contributed by atoms with van der Waals surface area (Å²) in [4.78, 5) is 14.3. The second-order valence-corrected chi connectivity index (χ2v) is 8.83. The molecule has 4 rings (SSSR count). The normalized spacial score (nSPS) is 15.3. The number of hydrogen-bond acceptors (Lipinski definition) is 6. The fraction of sp³-hybridized carbons (Fsp3) is 0.316. The van der Waals surface area contributed by atoms with E-state index in [1.54, 1.807) is 35.7 Å². The molecule has 10 nitrogen and oxygen atoms in total. The number of aryl methyl sites for hydroxylation is 2. The predicted molar refractivity (Wildman–Crippen MR) is 109 cm³/mol. The van der Waals surface area contributed by atoms with Crippen molar-refractivity contribution in [2.45, 2.75) is 18.7 Å². The van der Waals surface area contributed by atoms with Gasteiger partial charge < -0.3 is 9.42 Å². The first-order valence-corrected chi connectivity index (χ1v) is 10.9. The SMILES string of the molecule is Cc1noc(C)c1S(=O)(=O)N1CCN(C(=O)Nc2ccn(-c3ccccc3)n2)CC1. The zero-order valence-electron chi connectivity index (χ0n) is 16.6. The smallest absolute Gasteiger partial charge is 0.323 e. The van der Waals surface area contributed by atoms with Crippen molar-refractivity contribution in [1.29, 1.82) is 0 Å². The number of sulfonamides is 1. The molecule has 11 heteroatoms. The maximum Gasteiger partial charge on any atom is 0.323 e. The molecule has 3 heterocycles. The van der Waals surface area contributed by atoms with Gasteiger partial charge in [0.25, 0.3) is 0 Å². The van der Waals surface area contributed by atoms with Crippen LogP contribution in [0.15, 0.2) is 52.0 Å². The van der Waals surface area contributed by atoms with Crippen molar-refractivity contribution in [3.63, 3.8) is 0 Å². The van der Waals surface area contributed by atoms with Crippen LogP contribution in [0.25, 0.3) is 5.69 Å². The molecule has 3 aromatic rings. The summed E-state index contributed by atoms with van der Waals surface area (Å²) in [7, 11) is -3.71. The van der Waals surface area contributed by atoms with E-state index < -0.39 is 10.0 Å². The minimum absolute atomic E-state index is 0.104. The number of hydrogen-bond donors (Lipinski definition) is 1. The highest BCUT2D eigenvalue weighted by molar-refractivity contribution is 7.89. The van der Waals surface area contributed by atoms with Gasteiger partial charge in [0.05, 0.1) is 5.69 Å². The molecule has 158 valence electrons. The molecule has 0 saturated carbocycles. The second kappa shape index (κ2) is 7.92. The molecular formula is C19H22N6O4S. The Balaban J connectivity index is 1.38. The Hall–Kier alpha value is -3.18. The van der Waals surface area contributed by atoms with E-state index in [0.717, 1.165) is 5.69 Å². The van der Waals surface area contributed by atoms with E-state index in [4.69, 9.17) is 4.52 Å². The summed E-state index contributed by atoms with van der Waals surface area (Å²) < 4.78 is 33.8. The van der Waals surface area contributed by atoms with E-state index in [1.165, 1.54) is 4.31 Å². The summed E-state index contributed by atoms with van der Waals surface area (Å²) in [6.07, 6.45) is 1.76. The van der Waals surface area contributed by atoms with E-state index in [1.807, 2.05) is 30.3 Å². The minimum atomic E-state index is -3.71. The molecule has 0 aliphatic carbocycles. The molecule has 0 atom stereocenters. The average molecular weight is 430 g/mol. The molecule has 1 saturated heterocycles. The lowest BCUT2D eigenvalue weighted by Crippen LogP contribution is -2.51. The molecule has 0 bridgehead atoms. The maximum atomic E-state index is 12.9. The van der Waals surface area contributed by atoms with Crippen molar-refractivity contribution in [3.8, 4) is 5.69 Å². The largest absolute Gasteiger partial charge is 0.360 e. The number of carbonyl (C=O) groups excluding carboxylic acids is 1. The van der Waals surface area contributed by atoms with Crippen LogP contribution in [0.3, 0.4) is 0 Å². The molecule has 0 spiro atoms. The zero-order valence-corrected chi connectivity index (χ0v) is 17.5. The van der Waals surface area contributed by atoms with Gasteiger partial charge in [-0.2, -0.15) is 4.31 Å². The molecule has 0 radical (unpaired) electrons. The number of aromatic nitrogens is 3. The molecule has 0 unspecified atom stereocenters. The summed E-state index contributed by atoms with van der Waals surface area (Å²) in [5.41, 5.74) is 1.22. The number of urea groups is 1. The molecular weight excluding hydrogens is 408 g/mol. The monoisotopic (exact) mass is 430 g/mol. The van der Waals surface area contributed by atoms with Crippen molar-refractivity contribution in [1.82, 2.24) is 24.1 Å². The molecule has 30 heavy (non-hydrogen) atoms. The average Bonchev–Trinajstić information content (AvgIpc) is 3.35. The van der Waals surface area contributed by atoms with Crippen LogP contribution in [0, 0.1) is 13.8 Å². The van der Waals surface area contributed by atoms with Gasteiger partial charge in [0.2, 0.25) is 10.0 Å². The molecule has 1 N–H and O–H groups in total. The van der Waals surface area contributed by atoms with Gasteiger partial charge in [0, 0.05) is 38.4 Å². The molecule has 2 amide bonds. The number of amides is 2. The van der Waals surface area contributed by atoms with E-state index in [9.17, 15) is 13.2 Å². The van der Waals surface area contributed by atoms with Crippen LogP contribution >= 0.6 is 0 Å². The molecule has 1 aliphatic heterocycles. The second-order valence-electron chi connectivity index (χ2n) is 6.96. The van der Waals surface area contributed by atoms with E-state index in [0.29, 0.717) is 11.5 Å². The fourth-order valence-corrected chi connectivity index (χ4v) is 5.12. The van der Waals surface area contributed by atoms with Gasteiger partial charge in [-0.1, -0.05) is 23.4 Å². The summed E-state index contributed by atoms with van der Waals surface area (Å²) in [5.74, 6) is 0.691. The van der Waals surface area contributed by atoms with Crippen LogP contribution in [-0.4, -0.2) is 64.8 Å². The van der Waals surface area contributed by atoms with Crippen LogP contribution in [0.1, 0.15) is 11.5 Å². The molecule has 1 aromatic carbocycles. The summed E-state index contributed by atoms with van der Waals surface area (Å²) in [5, 5.41) is 10.8. The van der Waals surface area contributed by atoms with Crippen molar-refractivity contribution in [2.75, 3.05) is 31.5 Å². The fourth-order valence-electron chi connectivity index (χ4n) is 3.41. The van der Waals surface area contributed by atoms with Crippen LogP contribution in [-0.2, 0) is 10.0 Å². The standard InChI is InChI=1S/C19H22N6O4S/c1-14-18(15(2)29-22-14)30(27,28)24-12-10-23(11-13-24)19(26)20-17-8-9-25(21-17)16-6-4-3-5-7-16/h3-9H,10-13H2,1-2H3,(H,20,21,26). The Morgan fingerprint density at radius 3 is 2.40 bits per heavy atom. The number of benzene rings is 1. The van der Waals surface area contributed by atoms with Gasteiger partial charge in [-0.15, -0.1) is 5.10 Å². The highest BCUT2D eigenvalue weighted by atomic mass is 32.2. The zero-order chi connectivity index (χ0) is 21.3. The first kappa shape index (κ1) is 20.1. The quantitative estimate of drug-likeness (QED) is 0.677.